The van der Waals surface area contributed by atoms with Crippen molar-refractivity contribution in [2.24, 2.45) is 12.5 Å². The Balaban J connectivity index is 1.22. The van der Waals surface area contributed by atoms with Crippen LogP contribution in [0.5, 0.6) is 0 Å². The molecule has 174 valence electrons. The van der Waals surface area contributed by atoms with E-state index >= 15 is 0 Å². The zero-order chi connectivity index (χ0) is 23.0. The largest absolute Gasteiger partial charge is 0.450 e. The predicted octanol–water partition coefficient (Wildman–Crippen LogP) is 2.49. The summed E-state index contributed by atoms with van der Waals surface area (Å²) in [7, 11) is 1.90. The van der Waals surface area contributed by atoms with Gasteiger partial charge in [-0.25, -0.2) is 9.78 Å². The first-order valence-electron chi connectivity index (χ1n) is 11.8. The van der Waals surface area contributed by atoms with E-state index in [9.17, 15) is 10.1 Å². The first kappa shape index (κ1) is 21.7. The summed E-state index contributed by atoms with van der Waals surface area (Å²) in [5, 5.41) is 13.7. The molecule has 2 aliphatic heterocycles. The normalized spacial score (nSPS) is 22.3. The summed E-state index contributed by atoms with van der Waals surface area (Å²) in [4.78, 5) is 23.4. The summed E-state index contributed by atoms with van der Waals surface area (Å²) in [6, 6.07) is 6.51. The van der Waals surface area contributed by atoms with E-state index in [1.807, 2.05) is 37.3 Å². The van der Waals surface area contributed by atoms with E-state index < -0.39 is 0 Å². The average Bonchev–Trinajstić information content (AvgIpc) is 3.45. The summed E-state index contributed by atoms with van der Waals surface area (Å²) in [6.45, 7) is 7.68. The molecule has 0 N–H and O–H groups in total. The Bertz CT molecular complexity index is 1060. The van der Waals surface area contributed by atoms with Gasteiger partial charge < -0.3 is 14.5 Å². The third-order valence-electron chi connectivity index (χ3n) is 7.39. The predicted molar refractivity (Wildman–Crippen MR) is 124 cm³/mol. The van der Waals surface area contributed by atoms with Crippen LogP contribution in [0.25, 0.3) is 11.1 Å². The molecule has 2 aromatic heterocycles. The van der Waals surface area contributed by atoms with Crippen molar-refractivity contribution >= 4 is 11.9 Å². The second-order valence-corrected chi connectivity index (χ2v) is 9.56. The number of carbonyl (C=O) groups excluding carboxylic acids is 1. The van der Waals surface area contributed by atoms with Crippen LogP contribution in [0.2, 0.25) is 0 Å². The third kappa shape index (κ3) is 4.15. The number of likely N-dealkylation sites (tertiary alicyclic amines) is 1. The van der Waals surface area contributed by atoms with E-state index in [1.165, 1.54) is 12.8 Å². The maximum absolute atomic E-state index is 12.0. The molecule has 0 bridgehead atoms. The minimum absolute atomic E-state index is 0.170. The van der Waals surface area contributed by atoms with Gasteiger partial charge in [-0.3, -0.25) is 9.58 Å². The highest BCUT2D eigenvalue weighted by molar-refractivity contribution is 5.75. The number of nitrogens with zero attached hydrogens (tertiary/aromatic N) is 7. The molecule has 1 spiro atoms. The average molecular weight is 450 g/mol. The van der Waals surface area contributed by atoms with Crippen LogP contribution >= 0.6 is 0 Å². The molecular weight excluding hydrogens is 418 g/mol. The highest BCUT2D eigenvalue weighted by Crippen LogP contribution is 2.47. The lowest BCUT2D eigenvalue weighted by atomic mass is 9.78. The SMILES string of the molecule is CCOC(=O)N1CC2(CC[C@@H](N3CCN(c4nc(C#N)ccc4-c4cnn(C)c4)CC3)C2)C1. The molecular formula is C24H31N7O2. The van der Waals surface area contributed by atoms with Gasteiger partial charge in [-0.05, 0) is 38.3 Å². The van der Waals surface area contributed by atoms with Crippen LogP contribution in [0, 0.1) is 16.7 Å². The first-order chi connectivity index (χ1) is 16.0. The molecule has 3 fully saturated rings. The minimum atomic E-state index is -0.170. The lowest BCUT2D eigenvalue weighted by Crippen LogP contribution is -2.58. The van der Waals surface area contributed by atoms with Gasteiger partial charge >= 0.3 is 6.09 Å². The van der Waals surface area contributed by atoms with Crippen LogP contribution in [-0.2, 0) is 11.8 Å². The summed E-state index contributed by atoms with van der Waals surface area (Å²) >= 11 is 0. The summed E-state index contributed by atoms with van der Waals surface area (Å²) < 4.78 is 6.93. The van der Waals surface area contributed by atoms with Crippen molar-refractivity contribution < 1.29 is 9.53 Å². The monoisotopic (exact) mass is 449 g/mol. The molecule has 1 amide bonds. The maximum Gasteiger partial charge on any atom is 0.409 e. The molecule has 9 nitrogen and oxygen atoms in total. The van der Waals surface area contributed by atoms with Crippen LogP contribution < -0.4 is 4.90 Å². The van der Waals surface area contributed by atoms with E-state index in [-0.39, 0.29) is 11.5 Å². The van der Waals surface area contributed by atoms with Crippen LogP contribution in [0.1, 0.15) is 31.9 Å². The van der Waals surface area contributed by atoms with Gasteiger partial charge in [0.05, 0.1) is 12.8 Å². The van der Waals surface area contributed by atoms with Gasteiger partial charge in [-0.1, -0.05) is 0 Å². The Morgan fingerprint density at radius 1 is 1.27 bits per heavy atom. The first-order valence-corrected chi connectivity index (χ1v) is 11.8. The molecule has 1 aliphatic carbocycles. The fourth-order valence-electron chi connectivity index (χ4n) is 5.72. The number of hydrogen-bond donors (Lipinski definition) is 0. The van der Waals surface area contributed by atoms with E-state index in [0.717, 1.165) is 62.6 Å². The Hall–Kier alpha value is -3.12. The Labute approximate surface area is 194 Å². The molecule has 2 saturated heterocycles. The van der Waals surface area contributed by atoms with E-state index in [4.69, 9.17) is 4.74 Å². The second-order valence-electron chi connectivity index (χ2n) is 9.56. The zero-order valence-electron chi connectivity index (χ0n) is 19.4. The molecule has 9 heteroatoms. The van der Waals surface area contributed by atoms with Gasteiger partial charge in [0.15, 0.2) is 0 Å². The second kappa shape index (κ2) is 8.67. The number of piperazine rings is 1. The molecule has 0 unspecified atom stereocenters. The van der Waals surface area contributed by atoms with Crippen LogP contribution in [-0.4, -0.2) is 82.6 Å². The number of ether oxygens (including phenoxy) is 1. The Morgan fingerprint density at radius 2 is 2.06 bits per heavy atom. The molecule has 0 radical (unpaired) electrons. The van der Waals surface area contributed by atoms with Crippen molar-refractivity contribution in [2.45, 2.75) is 32.2 Å². The highest BCUT2D eigenvalue weighted by atomic mass is 16.6. The van der Waals surface area contributed by atoms with Crippen molar-refractivity contribution in [3.8, 4) is 17.2 Å². The van der Waals surface area contributed by atoms with E-state index in [1.54, 1.807) is 10.7 Å². The van der Waals surface area contributed by atoms with E-state index in [2.05, 4.69) is 26.0 Å². The summed E-state index contributed by atoms with van der Waals surface area (Å²) in [5.74, 6) is 0.869. The molecule has 2 aromatic rings. The van der Waals surface area contributed by atoms with Crippen molar-refractivity contribution in [3.63, 3.8) is 0 Å². The summed E-state index contributed by atoms with van der Waals surface area (Å²) in [6.07, 6.45) is 7.20. The zero-order valence-corrected chi connectivity index (χ0v) is 19.4. The van der Waals surface area contributed by atoms with Crippen molar-refractivity contribution in [1.29, 1.82) is 5.26 Å². The maximum atomic E-state index is 12.0. The smallest absolute Gasteiger partial charge is 0.409 e. The van der Waals surface area contributed by atoms with Crippen molar-refractivity contribution in [1.82, 2.24) is 24.6 Å². The van der Waals surface area contributed by atoms with Crippen LogP contribution in [0.15, 0.2) is 24.5 Å². The number of aromatic nitrogens is 3. The number of amides is 1. The van der Waals surface area contributed by atoms with Crippen molar-refractivity contribution in [2.75, 3.05) is 50.8 Å². The Morgan fingerprint density at radius 3 is 2.73 bits per heavy atom. The fourth-order valence-corrected chi connectivity index (χ4v) is 5.72. The topological polar surface area (TPSA) is 90.5 Å². The lowest BCUT2D eigenvalue weighted by Gasteiger charge is -2.48. The molecule has 1 saturated carbocycles. The minimum Gasteiger partial charge on any atom is -0.450 e. The van der Waals surface area contributed by atoms with Gasteiger partial charge in [0.1, 0.15) is 17.6 Å². The molecule has 3 aliphatic rings. The van der Waals surface area contributed by atoms with E-state index in [0.29, 0.717) is 18.3 Å². The molecule has 0 aromatic carbocycles. The Kier molecular flexibility index (Phi) is 5.71. The van der Waals surface area contributed by atoms with Gasteiger partial charge in [0, 0.05) is 75.1 Å². The number of pyridine rings is 1. The van der Waals surface area contributed by atoms with Gasteiger partial charge in [-0.2, -0.15) is 10.4 Å². The molecule has 33 heavy (non-hydrogen) atoms. The number of carbonyl (C=O) groups is 1. The van der Waals surface area contributed by atoms with Crippen LogP contribution in [0.4, 0.5) is 10.6 Å². The molecule has 1 atom stereocenters. The number of rotatable bonds is 4. The number of anilines is 1. The number of nitriles is 1. The highest BCUT2D eigenvalue weighted by Gasteiger charge is 2.51. The van der Waals surface area contributed by atoms with Crippen LogP contribution in [0.3, 0.4) is 0 Å². The fraction of sp³-hybridized carbons (Fsp3) is 0.583. The molecule has 4 heterocycles. The number of aryl methyl sites for hydroxylation is 1. The summed E-state index contributed by atoms with van der Waals surface area (Å²) in [5.41, 5.74) is 2.75. The van der Waals surface area contributed by atoms with Gasteiger partial charge in [0.25, 0.3) is 0 Å². The third-order valence-corrected chi connectivity index (χ3v) is 7.39. The number of hydrogen-bond acceptors (Lipinski definition) is 7. The molecule has 5 rings (SSSR count). The van der Waals surface area contributed by atoms with Gasteiger partial charge in [-0.15, -0.1) is 0 Å². The quantitative estimate of drug-likeness (QED) is 0.708. The van der Waals surface area contributed by atoms with Gasteiger partial charge in [0.2, 0.25) is 0 Å². The lowest BCUT2D eigenvalue weighted by molar-refractivity contribution is -0.00294. The van der Waals surface area contributed by atoms with Crippen molar-refractivity contribution in [3.05, 3.63) is 30.2 Å². The standard InChI is InChI=1S/C24H31N7O2/c1-3-33-23(32)31-16-24(17-31)7-6-20(12-24)29-8-10-30(11-9-29)22-21(5-4-19(13-25)27-22)18-14-26-28(2)15-18/h4-5,14-15,20H,3,6-12,16-17H2,1-2H3/t20-/m1/s1.